The summed E-state index contributed by atoms with van der Waals surface area (Å²) in [6, 6.07) is 5.19. The van der Waals surface area contributed by atoms with Crippen molar-refractivity contribution in [3.05, 3.63) is 70.3 Å². The molecular weight excluding hydrogens is 418 g/mol. The second-order valence-corrected chi connectivity index (χ2v) is 8.61. The van der Waals surface area contributed by atoms with Crippen LogP contribution in [0.4, 0.5) is 17.6 Å². The fourth-order valence-corrected chi connectivity index (χ4v) is 5.93. The quantitative estimate of drug-likeness (QED) is 0.730. The van der Waals surface area contributed by atoms with Crippen molar-refractivity contribution in [2.24, 2.45) is 16.8 Å². The van der Waals surface area contributed by atoms with Crippen LogP contribution in [0.2, 0.25) is 0 Å². The van der Waals surface area contributed by atoms with E-state index in [0.29, 0.717) is 36.9 Å². The Bertz CT molecular complexity index is 1060. The summed E-state index contributed by atoms with van der Waals surface area (Å²) in [6.45, 7) is 1.60. The number of hydrogen-bond acceptors (Lipinski definition) is 4. The van der Waals surface area contributed by atoms with Crippen LogP contribution in [0.3, 0.4) is 0 Å². The van der Waals surface area contributed by atoms with Crippen LogP contribution in [0.5, 0.6) is 0 Å². The summed E-state index contributed by atoms with van der Waals surface area (Å²) in [7, 11) is 0. The third-order valence-electron chi connectivity index (χ3n) is 5.58. The normalized spacial score (nSPS) is 22.9. The lowest BCUT2D eigenvalue weighted by Crippen LogP contribution is -2.49. The van der Waals surface area contributed by atoms with E-state index in [4.69, 9.17) is 5.73 Å². The molecule has 1 aliphatic heterocycles. The van der Waals surface area contributed by atoms with Gasteiger partial charge in [0.05, 0.1) is 0 Å². The summed E-state index contributed by atoms with van der Waals surface area (Å²) in [4.78, 5) is 11.4. The van der Waals surface area contributed by atoms with Crippen molar-refractivity contribution in [2.45, 2.75) is 31.1 Å². The van der Waals surface area contributed by atoms with Crippen molar-refractivity contribution in [1.82, 2.24) is 5.01 Å². The number of halogens is 4. The number of nitrogens with two attached hydrogens (primary N) is 1. The number of hydrogen-bond donors (Lipinski definition) is 1. The van der Waals surface area contributed by atoms with Crippen LogP contribution in [0, 0.1) is 29.2 Å². The zero-order chi connectivity index (χ0) is 21.6. The number of benzene rings is 2. The molecule has 0 radical (unpaired) electrons. The van der Waals surface area contributed by atoms with Gasteiger partial charge in [-0.3, -0.25) is 4.79 Å². The Labute approximate surface area is 175 Å². The van der Waals surface area contributed by atoms with Gasteiger partial charge in [-0.05, 0) is 73.2 Å². The van der Waals surface area contributed by atoms with Gasteiger partial charge in [-0.1, -0.05) is 11.8 Å². The SMILES string of the molecule is CC(=O)N1N=C(c2cc(F)ccc2F)S[C@]12c1cc(F)c(F)cc1CC[C@@H]2CCN. The maximum absolute atomic E-state index is 14.5. The predicted octanol–water partition coefficient (Wildman–Crippen LogP) is 4.26. The number of carbonyl (C=O) groups is 1. The van der Waals surface area contributed by atoms with Crippen LogP contribution < -0.4 is 5.73 Å². The first kappa shape index (κ1) is 20.9. The standard InChI is InChI=1S/C21H19F4N3OS/c1-11(29)28-21(30-20(27-28)15-9-14(22)4-5-17(15)23)13(6-7-26)3-2-12-8-18(24)19(25)10-16(12)21/h4-5,8-10,13H,2-3,6-7,26H2,1H3/t13-,21-/m1/s1. The molecule has 1 amide bonds. The summed E-state index contributed by atoms with van der Waals surface area (Å²) in [5.74, 6) is -4.06. The van der Waals surface area contributed by atoms with Gasteiger partial charge in [0, 0.05) is 12.5 Å². The first-order valence-corrected chi connectivity index (χ1v) is 10.3. The molecule has 2 atom stereocenters. The lowest BCUT2D eigenvalue weighted by Gasteiger charge is -2.45. The van der Waals surface area contributed by atoms with Gasteiger partial charge < -0.3 is 5.73 Å². The molecule has 0 saturated heterocycles. The van der Waals surface area contributed by atoms with E-state index in [2.05, 4.69) is 5.10 Å². The Morgan fingerprint density at radius 1 is 1.20 bits per heavy atom. The van der Waals surface area contributed by atoms with Crippen molar-refractivity contribution in [1.29, 1.82) is 0 Å². The number of nitrogens with zero attached hydrogens (tertiary/aromatic N) is 2. The molecule has 2 N–H and O–H groups in total. The molecule has 2 aromatic carbocycles. The van der Waals surface area contributed by atoms with Crippen molar-refractivity contribution in [3.63, 3.8) is 0 Å². The second-order valence-electron chi connectivity index (χ2n) is 7.40. The smallest absolute Gasteiger partial charge is 0.241 e. The predicted molar refractivity (Wildman–Crippen MR) is 107 cm³/mol. The number of hydrazone groups is 1. The number of amides is 1. The minimum absolute atomic E-state index is 0.0932. The van der Waals surface area contributed by atoms with E-state index >= 15 is 0 Å². The van der Waals surface area contributed by atoms with Gasteiger partial charge in [0.25, 0.3) is 0 Å². The Morgan fingerprint density at radius 3 is 2.63 bits per heavy atom. The molecule has 1 spiro atoms. The van der Waals surface area contributed by atoms with Gasteiger partial charge in [0.15, 0.2) is 11.6 Å². The van der Waals surface area contributed by atoms with Crippen molar-refractivity contribution < 1.29 is 22.4 Å². The molecule has 1 aliphatic carbocycles. The van der Waals surface area contributed by atoms with E-state index in [1.54, 1.807) is 0 Å². The Hall–Kier alpha value is -2.39. The average Bonchev–Trinajstić information content (AvgIpc) is 3.09. The number of aryl methyl sites for hydroxylation is 1. The monoisotopic (exact) mass is 437 g/mol. The van der Waals surface area contributed by atoms with Crippen LogP contribution in [0.25, 0.3) is 0 Å². The van der Waals surface area contributed by atoms with Gasteiger partial charge in [0.1, 0.15) is 21.5 Å². The first-order chi connectivity index (χ1) is 14.3. The second kappa shape index (κ2) is 7.70. The number of fused-ring (bicyclic) bond motifs is 2. The minimum atomic E-state index is -1.22. The molecule has 0 saturated carbocycles. The highest BCUT2D eigenvalue weighted by Gasteiger charge is 2.55. The van der Waals surface area contributed by atoms with E-state index in [0.717, 1.165) is 42.1 Å². The maximum Gasteiger partial charge on any atom is 0.241 e. The fourth-order valence-electron chi connectivity index (χ4n) is 4.29. The molecule has 9 heteroatoms. The third-order valence-corrected chi connectivity index (χ3v) is 7.11. The molecule has 4 nitrogen and oxygen atoms in total. The molecule has 0 unspecified atom stereocenters. The van der Waals surface area contributed by atoms with E-state index < -0.39 is 34.0 Å². The molecule has 0 aromatic heterocycles. The Balaban J connectivity index is 1.93. The minimum Gasteiger partial charge on any atom is -0.330 e. The molecule has 2 aromatic rings. The van der Waals surface area contributed by atoms with Gasteiger partial charge >= 0.3 is 0 Å². The zero-order valence-corrected chi connectivity index (χ0v) is 16.9. The summed E-state index contributed by atoms with van der Waals surface area (Å²) in [5, 5.41) is 5.61. The highest BCUT2D eigenvalue weighted by atomic mass is 32.2. The topological polar surface area (TPSA) is 58.7 Å². The Morgan fingerprint density at radius 2 is 1.93 bits per heavy atom. The van der Waals surface area contributed by atoms with Crippen molar-refractivity contribution in [3.8, 4) is 0 Å². The third kappa shape index (κ3) is 3.20. The number of carbonyl (C=O) groups excluding carboxylic acids is 1. The molecular formula is C21H19F4N3OS. The van der Waals surface area contributed by atoms with Gasteiger partial charge in [-0.25, -0.2) is 22.6 Å². The van der Waals surface area contributed by atoms with Gasteiger partial charge in [0.2, 0.25) is 5.91 Å². The lowest BCUT2D eigenvalue weighted by atomic mass is 9.77. The summed E-state index contributed by atoms with van der Waals surface area (Å²) in [6.07, 6.45) is 1.53. The maximum atomic E-state index is 14.5. The summed E-state index contributed by atoms with van der Waals surface area (Å²) < 4.78 is 56.5. The van der Waals surface area contributed by atoms with E-state index in [1.807, 2.05) is 0 Å². The van der Waals surface area contributed by atoms with Crippen LogP contribution >= 0.6 is 11.8 Å². The molecule has 2 aliphatic rings. The van der Waals surface area contributed by atoms with Crippen LogP contribution in [0.15, 0.2) is 35.4 Å². The van der Waals surface area contributed by atoms with E-state index in [9.17, 15) is 22.4 Å². The van der Waals surface area contributed by atoms with Crippen LogP contribution in [-0.2, 0) is 16.1 Å². The molecule has 0 bridgehead atoms. The molecule has 30 heavy (non-hydrogen) atoms. The zero-order valence-electron chi connectivity index (χ0n) is 16.1. The van der Waals surface area contributed by atoms with E-state index in [1.165, 1.54) is 11.9 Å². The fraction of sp³-hybridized carbons (Fsp3) is 0.333. The highest BCUT2D eigenvalue weighted by Crippen LogP contribution is 2.57. The van der Waals surface area contributed by atoms with E-state index in [-0.39, 0.29) is 16.5 Å². The first-order valence-electron chi connectivity index (χ1n) is 9.50. The van der Waals surface area contributed by atoms with Gasteiger partial charge in [-0.2, -0.15) is 5.10 Å². The Kier molecular flexibility index (Phi) is 5.36. The number of thioether (sulfide) groups is 1. The molecule has 158 valence electrons. The molecule has 0 fully saturated rings. The van der Waals surface area contributed by atoms with Crippen molar-refractivity contribution in [2.75, 3.05) is 6.54 Å². The molecule has 1 heterocycles. The highest BCUT2D eigenvalue weighted by molar-refractivity contribution is 8.15. The summed E-state index contributed by atoms with van der Waals surface area (Å²) >= 11 is 1.06. The lowest BCUT2D eigenvalue weighted by molar-refractivity contribution is -0.134. The van der Waals surface area contributed by atoms with Gasteiger partial charge in [-0.15, -0.1) is 0 Å². The molecule has 4 rings (SSSR count). The van der Waals surface area contributed by atoms with Crippen LogP contribution in [-0.4, -0.2) is 22.5 Å². The average molecular weight is 437 g/mol. The van der Waals surface area contributed by atoms with Crippen molar-refractivity contribution >= 4 is 22.7 Å². The largest absolute Gasteiger partial charge is 0.330 e. The van der Waals surface area contributed by atoms with Crippen LogP contribution in [0.1, 0.15) is 36.5 Å². The number of rotatable bonds is 3. The summed E-state index contributed by atoms with van der Waals surface area (Å²) in [5.41, 5.74) is 6.67.